The van der Waals surface area contributed by atoms with Crippen molar-refractivity contribution in [1.82, 2.24) is 4.90 Å². The van der Waals surface area contributed by atoms with Crippen molar-refractivity contribution in [2.45, 2.75) is 26.4 Å². The van der Waals surface area contributed by atoms with Crippen LogP contribution in [0.15, 0.2) is 0 Å². The van der Waals surface area contributed by atoms with E-state index in [1.807, 2.05) is 11.9 Å². The van der Waals surface area contributed by atoms with Crippen molar-refractivity contribution in [2.24, 2.45) is 0 Å². The van der Waals surface area contributed by atoms with Gasteiger partial charge >= 0.3 is 5.97 Å². The van der Waals surface area contributed by atoms with Crippen molar-refractivity contribution in [2.75, 3.05) is 26.7 Å². The number of carbonyl (C=O) groups is 1. The van der Waals surface area contributed by atoms with E-state index < -0.39 is 0 Å². The van der Waals surface area contributed by atoms with Gasteiger partial charge in [0.25, 0.3) is 0 Å². The summed E-state index contributed by atoms with van der Waals surface area (Å²) in [6, 6.07) is 0. The first-order valence-corrected chi connectivity index (χ1v) is 4.58. The third-order valence-corrected chi connectivity index (χ3v) is 1.63. The second kappa shape index (κ2) is 6.86. The van der Waals surface area contributed by atoms with Crippen molar-refractivity contribution >= 4 is 5.97 Å². The molecular formula is C9H19NO3. The summed E-state index contributed by atoms with van der Waals surface area (Å²) in [5, 5.41) is 9.00. The Kier molecular flexibility index (Phi) is 6.54. The average Bonchev–Trinajstić information content (AvgIpc) is 2.01. The van der Waals surface area contributed by atoms with E-state index in [2.05, 4.69) is 0 Å². The first kappa shape index (κ1) is 12.4. The van der Waals surface area contributed by atoms with Crippen molar-refractivity contribution in [3.8, 4) is 0 Å². The zero-order chi connectivity index (χ0) is 10.3. The van der Waals surface area contributed by atoms with E-state index in [0.717, 1.165) is 0 Å². The largest absolute Gasteiger partial charge is 0.465 e. The lowest BCUT2D eigenvalue weighted by molar-refractivity contribution is -0.144. The van der Waals surface area contributed by atoms with Crippen LogP contribution in [-0.2, 0) is 9.53 Å². The fourth-order valence-corrected chi connectivity index (χ4v) is 0.913. The number of esters is 1. The molecule has 0 aromatic rings. The molecule has 0 aromatic heterocycles. The molecular weight excluding hydrogens is 170 g/mol. The normalized spacial score (nSPS) is 13.0. The Morgan fingerprint density at radius 2 is 2.23 bits per heavy atom. The SMILES string of the molecule is CCOC(=O)CN(C)CCC(C)O. The molecule has 4 heteroatoms. The molecule has 0 radical (unpaired) electrons. The van der Waals surface area contributed by atoms with E-state index in [1.165, 1.54) is 0 Å². The predicted molar refractivity (Wildman–Crippen MR) is 50.4 cm³/mol. The smallest absolute Gasteiger partial charge is 0.320 e. The van der Waals surface area contributed by atoms with E-state index in [9.17, 15) is 4.79 Å². The number of ether oxygens (including phenoxy) is 1. The Morgan fingerprint density at radius 3 is 2.69 bits per heavy atom. The summed E-state index contributed by atoms with van der Waals surface area (Å²) in [5.41, 5.74) is 0. The van der Waals surface area contributed by atoms with Gasteiger partial charge in [-0.25, -0.2) is 0 Å². The molecule has 13 heavy (non-hydrogen) atoms. The van der Waals surface area contributed by atoms with E-state index in [4.69, 9.17) is 9.84 Å². The summed E-state index contributed by atoms with van der Waals surface area (Å²) in [6.07, 6.45) is 0.361. The minimum Gasteiger partial charge on any atom is -0.465 e. The highest BCUT2D eigenvalue weighted by molar-refractivity contribution is 5.71. The third kappa shape index (κ3) is 7.74. The van der Waals surface area contributed by atoms with Gasteiger partial charge < -0.3 is 9.84 Å². The molecule has 0 heterocycles. The van der Waals surface area contributed by atoms with Crippen LogP contribution in [0.5, 0.6) is 0 Å². The number of nitrogens with zero attached hydrogens (tertiary/aromatic N) is 1. The van der Waals surface area contributed by atoms with Crippen molar-refractivity contribution in [3.05, 3.63) is 0 Å². The van der Waals surface area contributed by atoms with Gasteiger partial charge in [-0.05, 0) is 27.3 Å². The Labute approximate surface area is 79.5 Å². The van der Waals surface area contributed by atoms with E-state index in [-0.39, 0.29) is 12.1 Å². The molecule has 0 aliphatic heterocycles. The molecule has 0 spiro atoms. The monoisotopic (exact) mass is 189 g/mol. The van der Waals surface area contributed by atoms with Gasteiger partial charge in [-0.1, -0.05) is 0 Å². The minimum atomic E-state index is -0.315. The van der Waals surface area contributed by atoms with Crippen LogP contribution in [0, 0.1) is 0 Å². The molecule has 78 valence electrons. The highest BCUT2D eigenvalue weighted by atomic mass is 16.5. The van der Waals surface area contributed by atoms with Gasteiger partial charge in [0.1, 0.15) is 0 Å². The summed E-state index contributed by atoms with van der Waals surface area (Å²) in [5.74, 6) is -0.212. The van der Waals surface area contributed by atoms with Gasteiger partial charge in [0, 0.05) is 6.54 Å². The lowest BCUT2D eigenvalue weighted by atomic mass is 10.3. The number of hydrogen-bond donors (Lipinski definition) is 1. The minimum absolute atomic E-state index is 0.212. The Balaban J connectivity index is 3.49. The van der Waals surface area contributed by atoms with Crippen LogP contribution >= 0.6 is 0 Å². The standard InChI is InChI=1S/C9H19NO3/c1-4-13-9(12)7-10(3)6-5-8(2)11/h8,11H,4-7H2,1-3H3. The first-order valence-electron chi connectivity index (χ1n) is 4.58. The molecule has 1 unspecified atom stereocenters. The molecule has 0 aliphatic rings. The maximum Gasteiger partial charge on any atom is 0.320 e. The number of rotatable bonds is 6. The van der Waals surface area contributed by atoms with Crippen LogP contribution in [0.2, 0.25) is 0 Å². The Morgan fingerprint density at radius 1 is 1.62 bits per heavy atom. The number of aliphatic hydroxyl groups is 1. The van der Waals surface area contributed by atoms with Gasteiger partial charge in [0.2, 0.25) is 0 Å². The summed E-state index contributed by atoms with van der Waals surface area (Å²) in [6.45, 7) is 4.94. The molecule has 0 saturated carbocycles. The molecule has 0 rings (SSSR count). The van der Waals surface area contributed by atoms with Crippen LogP contribution in [0.3, 0.4) is 0 Å². The predicted octanol–water partition coefficient (Wildman–Crippen LogP) is 0.252. The zero-order valence-corrected chi connectivity index (χ0v) is 8.62. The lowest BCUT2D eigenvalue weighted by Gasteiger charge is -2.15. The average molecular weight is 189 g/mol. The second-order valence-electron chi connectivity index (χ2n) is 3.18. The summed E-state index contributed by atoms with van der Waals surface area (Å²) >= 11 is 0. The quantitative estimate of drug-likeness (QED) is 0.609. The van der Waals surface area contributed by atoms with Crippen molar-refractivity contribution < 1.29 is 14.6 Å². The van der Waals surface area contributed by atoms with Crippen LogP contribution in [0.25, 0.3) is 0 Å². The molecule has 0 amide bonds. The molecule has 0 bridgehead atoms. The molecule has 0 aromatic carbocycles. The molecule has 0 fully saturated rings. The van der Waals surface area contributed by atoms with Crippen LogP contribution in [-0.4, -0.2) is 48.8 Å². The van der Waals surface area contributed by atoms with Crippen LogP contribution < -0.4 is 0 Å². The fraction of sp³-hybridized carbons (Fsp3) is 0.889. The van der Waals surface area contributed by atoms with E-state index in [1.54, 1.807) is 13.8 Å². The van der Waals surface area contributed by atoms with Gasteiger partial charge in [-0.2, -0.15) is 0 Å². The van der Waals surface area contributed by atoms with Gasteiger partial charge in [0.15, 0.2) is 0 Å². The van der Waals surface area contributed by atoms with Gasteiger partial charge in [-0.15, -0.1) is 0 Å². The number of aliphatic hydroxyl groups excluding tert-OH is 1. The number of hydrogen-bond acceptors (Lipinski definition) is 4. The Bertz CT molecular complexity index is 148. The summed E-state index contributed by atoms with van der Waals surface area (Å²) in [4.78, 5) is 12.8. The summed E-state index contributed by atoms with van der Waals surface area (Å²) < 4.78 is 4.78. The van der Waals surface area contributed by atoms with Gasteiger partial charge in [0.05, 0.1) is 19.3 Å². The molecule has 1 N–H and O–H groups in total. The molecule has 0 aliphatic carbocycles. The summed E-state index contributed by atoms with van der Waals surface area (Å²) in [7, 11) is 1.83. The molecule has 1 atom stereocenters. The third-order valence-electron chi connectivity index (χ3n) is 1.63. The topological polar surface area (TPSA) is 49.8 Å². The van der Waals surface area contributed by atoms with E-state index in [0.29, 0.717) is 26.1 Å². The second-order valence-corrected chi connectivity index (χ2v) is 3.18. The van der Waals surface area contributed by atoms with Crippen LogP contribution in [0.4, 0.5) is 0 Å². The van der Waals surface area contributed by atoms with Crippen molar-refractivity contribution in [1.29, 1.82) is 0 Å². The zero-order valence-electron chi connectivity index (χ0n) is 8.62. The lowest BCUT2D eigenvalue weighted by Crippen LogP contribution is -2.29. The Hall–Kier alpha value is -0.610. The van der Waals surface area contributed by atoms with E-state index >= 15 is 0 Å². The number of carbonyl (C=O) groups excluding carboxylic acids is 1. The molecule has 4 nitrogen and oxygen atoms in total. The first-order chi connectivity index (χ1) is 6.06. The van der Waals surface area contributed by atoms with Gasteiger partial charge in [-0.3, -0.25) is 9.69 Å². The van der Waals surface area contributed by atoms with Crippen molar-refractivity contribution in [3.63, 3.8) is 0 Å². The van der Waals surface area contributed by atoms with Crippen LogP contribution in [0.1, 0.15) is 20.3 Å². The fourth-order valence-electron chi connectivity index (χ4n) is 0.913. The maximum atomic E-state index is 11.0. The highest BCUT2D eigenvalue weighted by Gasteiger charge is 2.07. The maximum absolute atomic E-state index is 11.0. The number of likely N-dealkylation sites (N-methyl/N-ethyl adjacent to an activating group) is 1. The highest BCUT2D eigenvalue weighted by Crippen LogP contribution is 1.93. The molecule has 0 saturated heterocycles.